The van der Waals surface area contributed by atoms with E-state index in [-0.39, 0.29) is 6.10 Å². The van der Waals surface area contributed by atoms with Gasteiger partial charge < -0.3 is 4.74 Å². The lowest BCUT2D eigenvalue weighted by atomic mass is 10.1. The minimum Gasteiger partial charge on any atom is -0.489 e. The average molecular weight is 254 g/mol. The summed E-state index contributed by atoms with van der Waals surface area (Å²) >= 11 is 3.35. The van der Waals surface area contributed by atoms with Crippen LogP contribution in [0.1, 0.15) is 25.0 Å². The van der Waals surface area contributed by atoms with E-state index in [1.54, 1.807) is 6.07 Å². The molecule has 0 radical (unpaired) electrons. The molecule has 3 heteroatoms. The Morgan fingerprint density at radius 3 is 2.57 bits per heavy atom. The maximum atomic E-state index is 8.93. The third kappa shape index (κ3) is 2.49. The predicted molar refractivity (Wildman–Crippen MR) is 59.4 cm³/mol. The number of hydrogen-bond donors (Lipinski definition) is 0. The zero-order valence-electron chi connectivity index (χ0n) is 8.47. The number of hydrogen-bond acceptors (Lipinski definition) is 2. The second-order valence-electron chi connectivity index (χ2n) is 3.38. The fourth-order valence-corrected chi connectivity index (χ4v) is 1.78. The highest BCUT2D eigenvalue weighted by Crippen LogP contribution is 2.28. The SMILES string of the molecule is Cc1cc(Br)cc(C#N)c1OC(C)C. The highest BCUT2D eigenvalue weighted by Gasteiger charge is 2.09. The van der Waals surface area contributed by atoms with Gasteiger partial charge in [0.1, 0.15) is 11.8 Å². The van der Waals surface area contributed by atoms with E-state index in [0.717, 1.165) is 10.0 Å². The summed E-state index contributed by atoms with van der Waals surface area (Å²) in [6.45, 7) is 5.83. The van der Waals surface area contributed by atoms with Crippen LogP contribution in [0.25, 0.3) is 0 Å². The Hall–Kier alpha value is -1.01. The van der Waals surface area contributed by atoms with Crippen LogP contribution in [0.15, 0.2) is 16.6 Å². The van der Waals surface area contributed by atoms with Crippen molar-refractivity contribution in [3.05, 3.63) is 27.7 Å². The summed E-state index contributed by atoms with van der Waals surface area (Å²) in [4.78, 5) is 0. The van der Waals surface area contributed by atoms with E-state index in [1.165, 1.54) is 0 Å². The fraction of sp³-hybridized carbons (Fsp3) is 0.364. The second kappa shape index (κ2) is 4.47. The number of nitriles is 1. The molecular weight excluding hydrogens is 242 g/mol. The minimum absolute atomic E-state index is 0.0852. The van der Waals surface area contributed by atoms with Crippen molar-refractivity contribution in [3.8, 4) is 11.8 Å². The summed E-state index contributed by atoms with van der Waals surface area (Å²) in [5, 5.41) is 8.93. The van der Waals surface area contributed by atoms with E-state index in [4.69, 9.17) is 10.00 Å². The number of halogens is 1. The third-order valence-corrected chi connectivity index (χ3v) is 2.17. The van der Waals surface area contributed by atoms with Gasteiger partial charge in [0, 0.05) is 4.47 Å². The van der Waals surface area contributed by atoms with Crippen LogP contribution in [0.4, 0.5) is 0 Å². The quantitative estimate of drug-likeness (QED) is 0.810. The number of rotatable bonds is 2. The van der Waals surface area contributed by atoms with Crippen LogP contribution in [-0.4, -0.2) is 6.10 Å². The molecule has 0 aliphatic rings. The summed E-state index contributed by atoms with van der Waals surface area (Å²) in [6.07, 6.45) is 0.0852. The van der Waals surface area contributed by atoms with E-state index in [1.807, 2.05) is 26.8 Å². The van der Waals surface area contributed by atoms with Crippen LogP contribution in [0, 0.1) is 18.3 Å². The summed E-state index contributed by atoms with van der Waals surface area (Å²) in [5.74, 6) is 0.686. The molecule has 0 aliphatic heterocycles. The van der Waals surface area contributed by atoms with Gasteiger partial charge >= 0.3 is 0 Å². The van der Waals surface area contributed by atoms with E-state index in [2.05, 4.69) is 22.0 Å². The van der Waals surface area contributed by atoms with Gasteiger partial charge in [0.2, 0.25) is 0 Å². The summed E-state index contributed by atoms with van der Waals surface area (Å²) in [7, 11) is 0. The highest BCUT2D eigenvalue weighted by molar-refractivity contribution is 9.10. The summed E-state index contributed by atoms with van der Waals surface area (Å²) < 4.78 is 6.48. The number of benzene rings is 1. The molecule has 2 nitrogen and oxygen atoms in total. The van der Waals surface area contributed by atoms with E-state index >= 15 is 0 Å². The molecule has 1 rings (SSSR count). The molecule has 0 N–H and O–H groups in total. The van der Waals surface area contributed by atoms with Crippen LogP contribution in [0.2, 0.25) is 0 Å². The molecule has 0 saturated carbocycles. The molecule has 0 spiro atoms. The van der Waals surface area contributed by atoms with Gasteiger partial charge in [-0.1, -0.05) is 15.9 Å². The van der Waals surface area contributed by atoms with Crippen molar-refractivity contribution in [1.29, 1.82) is 5.26 Å². The molecule has 0 fully saturated rings. The zero-order chi connectivity index (χ0) is 10.7. The Morgan fingerprint density at radius 2 is 2.07 bits per heavy atom. The zero-order valence-corrected chi connectivity index (χ0v) is 10.1. The van der Waals surface area contributed by atoms with Crippen molar-refractivity contribution >= 4 is 15.9 Å². The molecule has 0 bridgehead atoms. The van der Waals surface area contributed by atoms with Crippen LogP contribution in [0.5, 0.6) is 5.75 Å². The summed E-state index contributed by atoms with van der Waals surface area (Å²) in [5.41, 5.74) is 1.55. The Morgan fingerprint density at radius 1 is 1.43 bits per heavy atom. The van der Waals surface area contributed by atoms with Gasteiger partial charge in [-0.2, -0.15) is 5.26 Å². The average Bonchev–Trinajstić information content (AvgIpc) is 2.08. The van der Waals surface area contributed by atoms with Gasteiger partial charge in [-0.05, 0) is 38.5 Å². The first kappa shape index (κ1) is 11.1. The first-order valence-corrected chi connectivity index (χ1v) is 5.20. The van der Waals surface area contributed by atoms with E-state index in [0.29, 0.717) is 11.3 Å². The Balaban J connectivity index is 3.20. The lowest BCUT2D eigenvalue weighted by molar-refractivity contribution is 0.240. The standard InChI is InChI=1S/C11H12BrNO/c1-7(2)14-11-8(3)4-10(12)5-9(11)6-13/h4-5,7H,1-3H3. The maximum absolute atomic E-state index is 8.93. The Labute approximate surface area is 92.6 Å². The monoisotopic (exact) mass is 253 g/mol. The second-order valence-corrected chi connectivity index (χ2v) is 4.29. The number of nitrogens with zero attached hydrogens (tertiary/aromatic N) is 1. The number of ether oxygens (including phenoxy) is 1. The molecule has 74 valence electrons. The van der Waals surface area contributed by atoms with E-state index < -0.39 is 0 Å². The third-order valence-electron chi connectivity index (χ3n) is 1.71. The van der Waals surface area contributed by atoms with Gasteiger partial charge in [0.05, 0.1) is 11.7 Å². The molecule has 0 heterocycles. The smallest absolute Gasteiger partial charge is 0.140 e. The van der Waals surface area contributed by atoms with Crippen molar-refractivity contribution in [2.75, 3.05) is 0 Å². The molecule has 0 aliphatic carbocycles. The molecular formula is C11H12BrNO. The molecule has 1 aromatic rings. The molecule has 1 aromatic carbocycles. The van der Waals surface area contributed by atoms with Crippen molar-refractivity contribution in [1.82, 2.24) is 0 Å². The molecule has 0 amide bonds. The van der Waals surface area contributed by atoms with Crippen LogP contribution in [-0.2, 0) is 0 Å². The summed E-state index contributed by atoms with van der Waals surface area (Å²) in [6, 6.07) is 5.84. The van der Waals surface area contributed by atoms with Gasteiger partial charge in [-0.15, -0.1) is 0 Å². The molecule has 0 atom stereocenters. The minimum atomic E-state index is 0.0852. The van der Waals surface area contributed by atoms with Crippen molar-refractivity contribution in [2.45, 2.75) is 26.9 Å². The first-order chi connectivity index (χ1) is 6.54. The first-order valence-electron chi connectivity index (χ1n) is 4.41. The largest absolute Gasteiger partial charge is 0.489 e. The normalized spacial score (nSPS) is 10.0. The van der Waals surface area contributed by atoms with Crippen LogP contribution in [0.3, 0.4) is 0 Å². The fourth-order valence-electron chi connectivity index (χ4n) is 1.21. The van der Waals surface area contributed by atoms with Gasteiger partial charge in [-0.3, -0.25) is 0 Å². The Bertz CT molecular complexity index is 380. The van der Waals surface area contributed by atoms with Crippen LogP contribution < -0.4 is 4.74 Å². The lowest BCUT2D eigenvalue weighted by Crippen LogP contribution is -2.08. The van der Waals surface area contributed by atoms with Crippen molar-refractivity contribution in [3.63, 3.8) is 0 Å². The van der Waals surface area contributed by atoms with Crippen molar-refractivity contribution < 1.29 is 4.74 Å². The lowest BCUT2D eigenvalue weighted by Gasteiger charge is -2.13. The van der Waals surface area contributed by atoms with Crippen LogP contribution >= 0.6 is 15.9 Å². The molecule has 14 heavy (non-hydrogen) atoms. The Kier molecular flexibility index (Phi) is 3.54. The van der Waals surface area contributed by atoms with Crippen molar-refractivity contribution in [2.24, 2.45) is 0 Å². The maximum Gasteiger partial charge on any atom is 0.140 e. The van der Waals surface area contributed by atoms with Gasteiger partial charge in [0.15, 0.2) is 0 Å². The highest BCUT2D eigenvalue weighted by atomic mass is 79.9. The number of aryl methyl sites for hydroxylation is 1. The topological polar surface area (TPSA) is 33.0 Å². The predicted octanol–water partition coefficient (Wildman–Crippen LogP) is 3.42. The van der Waals surface area contributed by atoms with Gasteiger partial charge in [0.25, 0.3) is 0 Å². The molecule has 0 aromatic heterocycles. The van der Waals surface area contributed by atoms with E-state index in [9.17, 15) is 0 Å². The molecule has 0 unspecified atom stereocenters. The molecule has 0 saturated heterocycles. The van der Waals surface area contributed by atoms with Gasteiger partial charge in [-0.25, -0.2) is 0 Å².